The number of Topliss-reactive ketones (excluding diaryl/α,β-unsaturated/α-hetero) is 1. The van der Waals surface area contributed by atoms with Crippen LogP contribution in [0.25, 0.3) is 0 Å². The minimum absolute atomic E-state index is 0.0365. The van der Waals surface area contributed by atoms with Gasteiger partial charge in [-0.05, 0) is 30.3 Å². The number of benzene rings is 1. The molecule has 0 saturated heterocycles. The molecule has 0 fully saturated rings. The molecule has 2 aromatic rings. The Hall–Kier alpha value is -2.41. The number of ketones is 1. The SMILES string of the molecule is O=C(CCC(=O)c1cccnc1)Nc1ccc(Cl)c(C(F)(F)F)c1. The van der Waals surface area contributed by atoms with Crippen LogP contribution in [0, 0.1) is 0 Å². The van der Waals surface area contributed by atoms with Gasteiger partial charge in [-0.2, -0.15) is 13.2 Å². The van der Waals surface area contributed by atoms with E-state index in [0.717, 1.165) is 12.1 Å². The van der Waals surface area contributed by atoms with Crippen LogP contribution in [0.5, 0.6) is 0 Å². The average molecular weight is 357 g/mol. The van der Waals surface area contributed by atoms with Crippen LogP contribution < -0.4 is 5.32 Å². The Bertz CT molecular complexity index is 749. The molecule has 1 heterocycles. The number of aromatic nitrogens is 1. The van der Waals surface area contributed by atoms with Crippen LogP contribution in [0.4, 0.5) is 18.9 Å². The smallest absolute Gasteiger partial charge is 0.326 e. The van der Waals surface area contributed by atoms with Crippen LogP contribution in [0.2, 0.25) is 5.02 Å². The Kier molecular flexibility index (Phi) is 5.56. The minimum atomic E-state index is -4.62. The van der Waals surface area contributed by atoms with Gasteiger partial charge < -0.3 is 5.32 Å². The van der Waals surface area contributed by atoms with Gasteiger partial charge in [-0.15, -0.1) is 0 Å². The fourth-order valence-corrected chi connectivity index (χ4v) is 2.17. The summed E-state index contributed by atoms with van der Waals surface area (Å²) < 4.78 is 38.3. The molecular weight excluding hydrogens is 345 g/mol. The van der Waals surface area contributed by atoms with E-state index in [-0.39, 0.29) is 24.3 Å². The second kappa shape index (κ2) is 7.44. The highest BCUT2D eigenvalue weighted by Gasteiger charge is 2.33. The highest BCUT2D eigenvalue weighted by Crippen LogP contribution is 2.36. The van der Waals surface area contributed by atoms with E-state index in [4.69, 9.17) is 11.6 Å². The number of pyridine rings is 1. The molecule has 2 rings (SSSR count). The number of carbonyl (C=O) groups is 2. The summed E-state index contributed by atoms with van der Waals surface area (Å²) >= 11 is 5.50. The first kappa shape index (κ1) is 17.9. The number of nitrogens with one attached hydrogen (secondary N) is 1. The topological polar surface area (TPSA) is 59.1 Å². The Balaban J connectivity index is 1.97. The summed E-state index contributed by atoms with van der Waals surface area (Å²) in [6.45, 7) is 0. The maximum absolute atomic E-state index is 12.8. The highest BCUT2D eigenvalue weighted by atomic mass is 35.5. The van der Waals surface area contributed by atoms with E-state index < -0.39 is 22.7 Å². The molecule has 1 amide bonds. The quantitative estimate of drug-likeness (QED) is 0.810. The summed E-state index contributed by atoms with van der Waals surface area (Å²) in [5.74, 6) is -0.840. The lowest BCUT2D eigenvalue weighted by Gasteiger charge is -2.11. The van der Waals surface area contributed by atoms with Gasteiger partial charge >= 0.3 is 6.18 Å². The summed E-state index contributed by atoms with van der Waals surface area (Å²) in [7, 11) is 0. The molecule has 126 valence electrons. The second-order valence-corrected chi connectivity index (χ2v) is 5.31. The Morgan fingerprint density at radius 3 is 2.54 bits per heavy atom. The number of anilines is 1. The maximum atomic E-state index is 12.8. The average Bonchev–Trinajstić information content (AvgIpc) is 2.54. The summed E-state index contributed by atoms with van der Waals surface area (Å²) in [6.07, 6.45) is -1.94. The molecule has 0 saturated carbocycles. The van der Waals surface area contributed by atoms with E-state index in [0.29, 0.717) is 5.56 Å². The molecule has 0 aliphatic rings. The minimum Gasteiger partial charge on any atom is -0.326 e. The van der Waals surface area contributed by atoms with Crippen molar-refractivity contribution in [3.63, 3.8) is 0 Å². The predicted octanol–water partition coefficient (Wildman–Crippen LogP) is 4.36. The van der Waals surface area contributed by atoms with E-state index in [2.05, 4.69) is 10.3 Å². The van der Waals surface area contributed by atoms with E-state index in [9.17, 15) is 22.8 Å². The molecule has 0 unspecified atom stereocenters. The monoisotopic (exact) mass is 356 g/mol. The standard InChI is InChI=1S/C16H12ClF3N2O2/c17-13-4-3-11(8-12(13)16(18,19)20)22-15(24)6-5-14(23)10-2-1-7-21-9-10/h1-4,7-9H,5-6H2,(H,22,24). The van der Waals surface area contributed by atoms with Gasteiger partial charge in [0.2, 0.25) is 5.91 Å². The lowest BCUT2D eigenvalue weighted by atomic mass is 10.1. The van der Waals surface area contributed by atoms with Gasteiger partial charge in [-0.25, -0.2) is 0 Å². The van der Waals surface area contributed by atoms with Crippen molar-refractivity contribution in [1.29, 1.82) is 0 Å². The van der Waals surface area contributed by atoms with Crippen LogP contribution in [0.1, 0.15) is 28.8 Å². The first-order valence-corrected chi connectivity index (χ1v) is 7.25. The number of carbonyl (C=O) groups excluding carboxylic acids is 2. The zero-order valence-electron chi connectivity index (χ0n) is 12.2. The number of hydrogen-bond donors (Lipinski definition) is 1. The van der Waals surface area contributed by atoms with Crippen molar-refractivity contribution in [2.75, 3.05) is 5.32 Å². The van der Waals surface area contributed by atoms with Crippen LogP contribution in [-0.4, -0.2) is 16.7 Å². The Labute approximate surface area is 140 Å². The second-order valence-electron chi connectivity index (χ2n) is 4.91. The normalized spacial score (nSPS) is 11.2. The molecule has 0 spiro atoms. The first-order valence-electron chi connectivity index (χ1n) is 6.87. The first-order chi connectivity index (χ1) is 11.3. The molecule has 4 nitrogen and oxygen atoms in total. The van der Waals surface area contributed by atoms with Crippen LogP contribution in [0.15, 0.2) is 42.7 Å². The predicted molar refractivity (Wildman–Crippen MR) is 82.9 cm³/mol. The summed E-state index contributed by atoms with van der Waals surface area (Å²) in [5, 5.41) is 1.87. The molecule has 24 heavy (non-hydrogen) atoms. The number of halogens is 4. The van der Waals surface area contributed by atoms with Gasteiger partial charge in [-0.1, -0.05) is 11.6 Å². The number of rotatable bonds is 5. The molecule has 0 radical (unpaired) electrons. The molecule has 0 bridgehead atoms. The summed E-state index contributed by atoms with van der Waals surface area (Å²) in [6, 6.07) is 6.24. The van der Waals surface area contributed by atoms with Gasteiger partial charge in [0.1, 0.15) is 0 Å². The van der Waals surface area contributed by atoms with E-state index in [1.54, 1.807) is 12.1 Å². The van der Waals surface area contributed by atoms with Crippen molar-refractivity contribution in [2.24, 2.45) is 0 Å². The number of nitrogens with zero attached hydrogens (tertiary/aromatic N) is 1. The number of amides is 1. The zero-order valence-corrected chi connectivity index (χ0v) is 13.0. The van der Waals surface area contributed by atoms with E-state index in [1.165, 1.54) is 18.5 Å². The lowest BCUT2D eigenvalue weighted by molar-refractivity contribution is -0.137. The molecule has 0 aliphatic carbocycles. The van der Waals surface area contributed by atoms with Crippen molar-refractivity contribution in [2.45, 2.75) is 19.0 Å². The van der Waals surface area contributed by atoms with Gasteiger partial charge in [0.25, 0.3) is 0 Å². The molecule has 0 atom stereocenters. The lowest BCUT2D eigenvalue weighted by Crippen LogP contribution is -2.14. The Morgan fingerprint density at radius 1 is 1.17 bits per heavy atom. The largest absolute Gasteiger partial charge is 0.417 e. The summed E-state index contributed by atoms with van der Waals surface area (Å²) in [5.41, 5.74) is -0.699. The zero-order chi connectivity index (χ0) is 17.7. The number of alkyl halides is 3. The molecule has 1 N–H and O–H groups in total. The van der Waals surface area contributed by atoms with E-state index >= 15 is 0 Å². The van der Waals surface area contributed by atoms with Crippen molar-refractivity contribution >= 4 is 29.0 Å². The van der Waals surface area contributed by atoms with Crippen LogP contribution in [0.3, 0.4) is 0 Å². The van der Waals surface area contributed by atoms with Crippen molar-refractivity contribution < 1.29 is 22.8 Å². The van der Waals surface area contributed by atoms with Gasteiger partial charge in [-0.3, -0.25) is 14.6 Å². The molecule has 1 aromatic carbocycles. The molecular formula is C16H12ClF3N2O2. The van der Waals surface area contributed by atoms with Gasteiger partial charge in [0.15, 0.2) is 5.78 Å². The van der Waals surface area contributed by atoms with Gasteiger partial charge in [0, 0.05) is 36.5 Å². The van der Waals surface area contributed by atoms with Crippen LogP contribution in [-0.2, 0) is 11.0 Å². The maximum Gasteiger partial charge on any atom is 0.417 e. The Morgan fingerprint density at radius 2 is 1.92 bits per heavy atom. The van der Waals surface area contributed by atoms with Crippen LogP contribution >= 0.6 is 11.6 Å². The third-order valence-corrected chi connectivity index (χ3v) is 3.45. The third-order valence-electron chi connectivity index (χ3n) is 3.12. The molecule has 0 aliphatic heterocycles. The fraction of sp³-hybridized carbons (Fsp3) is 0.188. The van der Waals surface area contributed by atoms with Crippen molar-refractivity contribution in [1.82, 2.24) is 4.98 Å². The van der Waals surface area contributed by atoms with E-state index in [1.807, 2.05) is 0 Å². The van der Waals surface area contributed by atoms with Crippen molar-refractivity contribution in [3.8, 4) is 0 Å². The fourth-order valence-electron chi connectivity index (χ4n) is 1.94. The number of hydrogen-bond acceptors (Lipinski definition) is 3. The van der Waals surface area contributed by atoms with Crippen molar-refractivity contribution in [3.05, 3.63) is 58.9 Å². The summed E-state index contributed by atoms with van der Waals surface area (Å²) in [4.78, 5) is 27.4. The molecule has 8 heteroatoms. The molecule has 1 aromatic heterocycles. The van der Waals surface area contributed by atoms with Gasteiger partial charge in [0.05, 0.1) is 10.6 Å². The third kappa shape index (κ3) is 4.79. The highest BCUT2D eigenvalue weighted by molar-refractivity contribution is 6.31.